The summed E-state index contributed by atoms with van der Waals surface area (Å²) in [6.45, 7) is 3.89. The van der Waals surface area contributed by atoms with Gasteiger partial charge in [0.25, 0.3) is 0 Å². The molecule has 1 aliphatic heterocycles. The summed E-state index contributed by atoms with van der Waals surface area (Å²) in [6.07, 6.45) is -0.301. The van der Waals surface area contributed by atoms with Crippen LogP contribution in [0.4, 0.5) is 9.18 Å². The van der Waals surface area contributed by atoms with Gasteiger partial charge in [-0.3, -0.25) is 4.79 Å². The predicted octanol–water partition coefficient (Wildman–Crippen LogP) is 1.67. The first kappa shape index (κ1) is 15.3. The van der Waals surface area contributed by atoms with Gasteiger partial charge in [-0.1, -0.05) is 18.2 Å². The number of carbonyl (C=O) groups excluding carboxylic acids is 2. The molecule has 0 radical (unpaired) electrons. The third-order valence-corrected chi connectivity index (χ3v) is 3.46. The van der Waals surface area contributed by atoms with Crippen LogP contribution in [0.2, 0.25) is 0 Å². The van der Waals surface area contributed by atoms with E-state index in [-0.39, 0.29) is 24.2 Å². The van der Waals surface area contributed by atoms with E-state index >= 15 is 0 Å². The molecule has 0 aromatic heterocycles. The van der Waals surface area contributed by atoms with Crippen molar-refractivity contribution in [2.45, 2.75) is 13.3 Å². The van der Waals surface area contributed by atoms with Gasteiger partial charge in [-0.05, 0) is 18.6 Å². The second-order valence-corrected chi connectivity index (χ2v) is 4.83. The van der Waals surface area contributed by atoms with Crippen LogP contribution in [0.1, 0.15) is 12.5 Å². The second kappa shape index (κ2) is 7.06. The number of hydrogen-bond acceptors (Lipinski definition) is 3. The smallest absolute Gasteiger partial charge is 0.409 e. The minimum absolute atomic E-state index is 0.0477. The Morgan fingerprint density at radius 3 is 2.38 bits per heavy atom. The zero-order valence-corrected chi connectivity index (χ0v) is 12.0. The van der Waals surface area contributed by atoms with Crippen LogP contribution in [-0.4, -0.2) is 54.6 Å². The molecule has 0 saturated carbocycles. The molecule has 0 bridgehead atoms. The van der Waals surface area contributed by atoms with Gasteiger partial charge in [0.2, 0.25) is 5.91 Å². The highest BCUT2D eigenvalue weighted by molar-refractivity contribution is 5.79. The van der Waals surface area contributed by atoms with Crippen molar-refractivity contribution in [1.82, 2.24) is 9.80 Å². The molecule has 0 unspecified atom stereocenters. The maximum Gasteiger partial charge on any atom is 0.409 e. The van der Waals surface area contributed by atoms with Crippen molar-refractivity contribution in [2.24, 2.45) is 0 Å². The third kappa shape index (κ3) is 3.93. The molecule has 1 heterocycles. The molecule has 6 heteroatoms. The molecule has 1 aliphatic rings. The number of rotatable bonds is 3. The highest BCUT2D eigenvalue weighted by Crippen LogP contribution is 2.11. The Kier molecular flexibility index (Phi) is 5.14. The molecule has 0 N–H and O–H groups in total. The lowest BCUT2D eigenvalue weighted by Crippen LogP contribution is -2.51. The molecule has 21 heavy (non-hydrogen) atoms. The number of amides is 2. The van der Waals surface area contributed by atoms with Crippen molar-refractivity contribution in [3.05, 3.63) is 35.6 Å². The van der Waals surface area contributed by atoms with Gasteiger partial charge in [0.05, 0.1) is 13.0 Å². The van der Waals surface area contributed by atoms with E-state index in [4.69, 9.17) is 4.74 Å². The lowest BCUT2D eigenvalue weighted by atomic mass is 10.1. The largest absolute Gasteiger partial charge is 0.450 e. The van der Waals surface area contributed by atoms with Gasteiger partial charge in [-0.2, -0.15) is 0 Å². The average molecular weight is 294 g/mol. The molecule has 5 nitrogen and oxygen atoms in total. The Hall–Kier alpha value is -2.11. The summed E-state index contributed by atoms with van der Waals surface area (Å²) in [5, 5.41) is 0. The van der Waals surface area contributed by atoms with Crippen molar-refractivity contribution in [2.75, 3.05) is 32.8 Å². The van der Waals surface area contributed by atoms with Gasteiger partial charge in [0.15, 0.2) is 0 Å². The molecule has 2 amide bonds. The Morgan fingerprint density at radius 1 is 1.14 bits per heavy atom. The summed E-state index contributed by atoms with van der Waals surface area (Å²) >= 11 is 0. The summed E-state index contributed by atoms with van der Waals surface area (Å²) in [4.78, 5) is 26.9. The highest BCUT2D eigenvalue weighted by Gasteiger charge is 2.25. The van der Waals surface area contributed by atoms with E-state index in [2.05, 4.69) is 0 Å². The number of nitrogens with zero attached hydrogens (tertiary/aromatic N) is 2. The van der Waals surface area contributed by atoms with Crippen molar-refractivity contribution in [3.8, 4) is 0 Å². The van der Waals surface area contributed by atoms with Crippen LogP contribution in [0.5, 0.6) is 0 Å². The number of hydrogen-bond donors (Lipinski definition) is 0. The summed E-state index contributed by atoms with van der Waals surface area (Å²) in [5.41, 5.74) is 0.398. The van der Waals surface area contributed by atoms with Crippen LogP contribution in [0.15, 0.2) is 24.3 Å². The molecule has 0 spiro atoms. The summed E-state index contributed by atoms with van der Waals surface area (Å²) in [5.74, 6) is -0.486. The zero-order valence-electron chi connectivity index (χ0n) is 12.0. The molecule has 114 valence electrons. The monoisotopic (exact) mass is 294 g/mol. The van der Waals surface area contributed by atoms with E-state index in [1.165, 1.54) is 6.07 Å². The quantitative estimate of drug-likeness (QED) is 0.852. The van der Waals surface area contributed by atoms with Crippen molar-refractivity contribution >= 4 is 12.0 Å². The summed E-state index contributed by atoms with van der Waals surface area (Å²) < 4.78 is 18.5. The van der Waals surface area contributed by atoms with Gasteiger partial charge in [-0.15, -0.1) is 0 Å². The van der Waals surface area contributed by atoms with Gasteiger partial charge in [0.1, 0.15) is 5.82 Å². The van der Waals surface area contributed by atoms with E-state index in [0.717, 1.165) is 0 Å². The number of ether oxygens (including phenoxy) is 1. The number of carbonyl (C=O) groups is 2. The average Bonchev–Trinajstić information content (AvgIpc) is 2.50. The molecule has 1 fully saturated rings. The molecule has 1 aromatic carbocycles. The van der Waals surface area contributed by atoms with Gasteiger partial charge < -0.3 is 14.5 Å². The minimum Gasteiger partial charge on any atom is -0.450 e. The van der Waals surface area contributed by atoms with Crippen LogP contribution in [0.25, 0.3) is 0 Å². The van der Waals surface area contributed by atoms with Crippen LogP contribution in [0.3, 0.4) is 0 Å². The molecule has 0 aliphatic carbocycles. The first-order valence-corrected chi connectivity index (χ1v) is 7.04. The minimum atomic E-state index is -0.365. The SMILES string of the molecule is CCOC(=O)N1CCN(C(=O)Cc2ccccc2F)CC1. The number of piperazine rings is 1. The Bertz CT molecular complexity index is 513. The molecule has 1 saturated heterocycles. The Labute approximate surface area is 123 Å². The Balaban J connectivity index is 1.86. The summed E-state index contributed by atoms with van der Waals surface area (Å²) in [7, 11) is 0. The van der Waals surface area contributed by atoms with Gasteiger partial charge >= 0.3 is 6.09 Å². The fourth-order valence-electron chi connectivity index (χ4n) is 2.27. The van der Waals surface area contributed by atoms with Crippen molar-refractivity contribution < 1.29 is 18.7 Å². The van der Waals surface area contributed by atoms with Crippen molar-refractivity contribution in [3.63, 3.8) is 0 Å². The van der Waals surface area contributed by atoms with E-state index in [1.54, 1.807) is 34.9 Å². The fourth-order valence-corrected chi connectivity index (χ4v) is 2.27. The van der Waals surface area contributed by atoms with Crippen LogP contribution in [0, 0.1) is 5.82 Å². The fraction of sp³-hybridized carbons (Fsp3) is 0.467. The highest BCUT2D eigenvalue weighted by atomic mass is 19.1. The van der Waals surface area contributed by atoms with E-state index in [1.807, 2.05) is 0 Å². The maximum atomic E-state index is 13.5. The van der Waals surface area contributed by atoms with Crippen LogP contribution in [-0.2, 0) is 16.0 Å². The topological polar surface area (TPSA) is 49.9 Å². The zero-order chi connectivity index (χ0) is 15.2. The predicted molar refractivity (Wildman–Crippen MR) is 75.3 cm³/mol. The first-order chi connectivity index (χ1) is 10.1. The first-order valence-electron chi connectivity index (χ1n) is 7.04. The lowest BCUT2D eigenvalue weighted by molar-refractivity contribution is -0.132. The molecular formula is C15H19FN2O3. The molecule has 0 atom stereocenters. The molecular weight excluding hydrogens is 275 g/mol. The van der Waals surface area contributed by atoms with E-state index in [0.29, 0.717) is 38.3 Å². The van der Waals surface area contributed by atoms with Gasteiger partial charge in [0, 0.05) is 26.2 Å². The molecule has 2 rings (SSSR count). The third-order valence-electron chi connectivity index (χ3n) is 3.46. The Morgan fingerprint density at radius 2 is 1.76 bits per heavy atom. The van der Waals surface area contributed by atoms with E-state index < -0.39 is 0 Å². The second-order valence-electron chi connectivity index (χ2n) is 4.83. The normalized spacial score (nSPS) is 15.0. The summed E-state index contributed by atoms with van der Waals surface area (Å²) in [6, 6.07) is 6.27. The van der Waals surface area contributed by atoms with Crippen molar-refractivity contribution in [1.29, 1.82) is 0 Å². The number of benzene rings is 1. The lowest BCUT2D eigenvalue weighted by Gasteiger charge is -2.34. The van der Waals surface area contributed by atoms with E-state index in [9.17, 15) is 14.0 Å². The standard InChI is InChI=1S/C15H19FN2O3/c1-2-21-15(20)18-9-7-17(8-10-18)14(19)11-12-5-3-4-6-13(12)16/h3-6H,2,7-11H2,1H3. The van der Waals surface area contributed by atoms with Crippen LogP contribution < -0.4 is 0 Å². The van der Waals surface area contributed by atoms with Gasteiger partial charge in [-0.25, -0.2) is 9.18 Å². The van der Waals surface area contributed by atoms with Crippen LogP contribution >= 0.6 is 0 Å². The number of halogens is 1. The maximum absolute atomic E-state index is 13.5. The molecule has 1 aromatic rings.